The Bertz CT molecular complexity index is 1080. The molecular formula is C22H21ClN4. The molecule has 1 N–H and O–H groups in total. The maximum Gasteiger partial charge on any atom is 0.149 e. The van der Waals surface area contributed by atoms with Gasteiger partial charge in [-0.15, -0.1) is 0 Å². The predicted molar refractivity (Wildman–Crippen MR) is 113 cm³/mol. The van der Waals surface area contributed by atoms with Gasteiger partial charge in [-0.05, 0) is 43.7 Å². The topological polar surface area (TPSA) is 42.7 Å². The number of hydrogen-bond donors (Lipinski definition) is 1. The van der Waals surface area contributed by atoms with Crippen LogP contribution in [-0.4, -0.2) is 14.5 Å². The number of rotatable bonds is 5. The lowest BCUT2D eigenvalue weighted by atomic mass is 10.2. The first-order chi connectivity index (χ1) is 13.2. The Labute approximate surface area is 163 Å². The number of benzene rings is 2. The maximum atomic E-state index is 6.53. The Morgan fingerprint density at radius 1 is 1.07 bits per heavy atom. The number of aromatic nitrogens is 3. The second-order valence-electron chi connectivity index (χ2n) is 6.62. The zero-order valence-electron chi connectivity index (χ0n) is 15.4. The van der Waals surface area contributed by atoms with Gasteiger partial charge in [-0.1, -0.05) is 48.4 Å². The molecule has 136 valence electrons. The molecule has 2 aromatic carbocycles. The molecule has 0 saturated carbocycles. The summed E-state index contributed by atoms with van der Waals surface area (Å²) in [5, 5.41) is 3.85. The fourth-order valence-electron chi connectivity index (χ4n) is 3.17. The van der Waals surface area contributed by atoms with Crippen molar-refractivity contribution in [2.45, 2.75) is 26.8 Å². The Morgan fingerprint density at radius 3 is 2.59 bits per heavy atom. The summed E-state index contributed by atoms with van der Waals surface area (Å²) in [6.07, 6.45) is 2.86. The SMILES string of the molecule is CCCn1c(-c2cnc(Nc3ccc(C)cc3)c(Cl)c2)nc2ccccc21. The second kappa shape index (κ2) is 7.41. The van der Waals surface area contributed by atoms with Crippen LogP contribution in [-0.2, 0) is 6.54 Å². The Morgan fingerprint density at radius 2 is 1.85 bits per heavy atom. The van der Waals surface area contributed by atoms with Gasteiger partial charge in [0.25, 0.3) is 0 Å². The van der Waals surface area contributed by atoms with Crippen LogP contribution in [0.15, 0.2) is 60.8 Å². The van der Waals surface area contributed by atoms with Crippen LogP contribution in [0.1, 0.15) is 18.9 Å². The van der Waals surface area contributed by atoms with Gasteiger partial charge in [0.15, 0.2) is 0 Å². The third-order valence-electron chi connectivity index (χ3n) is 4.52. The molecule has 4 rings (SSSR count). The van der Waals surface area contributed by atoms with Crippen LogP contribution in [0.25, 0.3) is 22.4 Å². The largest absolute Gasteiger partial charge is 0.339 e. The van der Waals surface area contributed by atoms with E-state index >= 15 is 0 Å². The molecule has 0 unspecified atom stereocenters. The molecule has 4 nitrogen and oxygen atoms in total. The third-order valence-corrected chi connectivity index (χ3v) is 4.80. The first-order valence-electron chi connectivity index (χ1n) is 9.10. The molecule has 0 amide bonds. The molecule has 0 spiro atoms. The fraction of sp³-hybridized carbons (Fsp3) is 0.182. The van der Waals surface area contributed by atoms with E-state index in [0.29, 0.717) is 10.8 Å². The molecule has 0 fully saturated rings. The molecule has 0 radical (unpaired) electrons. The van der Waals surface area contributed by atoms with Gasteiger partial charge in [-0.3, -0.25) is 0 Å². The summed E-state index contributed by atoms with van der Waals surface area (Å²) in [4.78, 5) is 9.36. The average Bonchev–Trinajstić information content (AvgIpc) is 3.04. The van der Waals surface area contributed by atoms with Crippen molar-refractivity contribution in [1.82, 2.24) is 14.5 Å². The number of fused-ring (bicyclic) bond motifs is 1. The van der Waals surface area contributed by atoms with Crippen molar-refractivity contribution >= 4 is 34.1 Å². The van der Waals surface area contributed by atoms with E-state index in [1.54, 1.807) is 0 Å². The summed E-state index contributed by atoms with van der Waals surface area (Å²) >= 11 is 6.53. The van der Waals surface area contributed by atoms with E-state index < -0.39 is 0 Å². The molecule has 0 saturated heterocycles. The number of hydrogen-bond acceptors (Lipinski definition) is 3. The zero-order chi connectivity index (χ0) is 18.8. The van der Waals surface area contributed by atoms with Crippen LogP contribution in [0.5, 0.6) is 0 Å². The van der Waals surface area contributed by atoms with Gasteiger partial charge in [0.1, 0.15) is 11.6 Å². The summed E-state index contributed by atoms with van der Waals surface area (Å²) < 4.78 is 2.23. The van der Waals surface area contributed by atoms with Gasteiger partial charge >= 0.3 is 0 Å². The minimum Gasteiger partial charge on any atom is -0.339 e. The van der Waals surface area contributed by atoms with E-state index in [1.807, 2.05) is 42.6 Å². The normalized spacial score (nSPS) is 11.1. The zero-order valence-corrected chi connectivity index (χ0v) is 16.2. The van der Waals surface area contributed by atoms with E-state index in [1.165, 1.54) is 5.56 Å². The Hall–Kier alpha value is -2.85. The Balaban J connectivity index is 1.71. The van der Waals surface area contributed by atoms with E-state index in [4.69, 9.17) is 16.6 Å². The molecule has 5 heteroatoms. The highest BCUT2D eigenvalue weighted by molar-refractivity contribution is 6.33. The van der Waals surface area contributed by atoms with Crippen LogP contribution in [0, 0.1) is 6.92 Å². The molecule has 0 aliphatic rings. The highest BCUT2D eigenvalue weighted by atomic mass is 35.5. The van der Waals surface area contributed by atoms with Crippen molar-refractivity contribution in [3.05, 3.63) is 71.4 Å². The summed E-state index contributed by atoms with van der Waals surface area (Å²) in [7, 11) is 0. The minimum atomic E-state index is 0.572. The molecule has 0 atom stereocenters. The molecule has 0 bridgehead atoms. The van der Waals surface area contributed by atoms with Crippen LogP contribution in [0.4, 0.5) is 11.5 Å². The summed E-state index contributed by atoms with van der Waals surface area (Å²) in [6, 6.07) is 18.3. The number of imidazole rings is 1. The first kappa shape index (κ1) is 17.6. The highest BCUT2D eigenvalue weighted by Gasteiger charge is 2.14. The second-order valence-corrected chi connectivity index (χ2v) is 7.03. The van der Waals surface area contributed by atoms with Crippen molar-refractivity contribution in [1.29, 1.82) is 0 Å². The van der Waals surface area contributed by atoms with E-state index in [-0.39, 0.29) is 0 Å². The highest BCUT2D eigenvalue weighted by Crippen LogP contribution is 2.30. The van der Waals surface area contributed by atoms with Crippen molar-refractivity contribution in [3.8, 4) is 11.4 Å². The average molecular weight is 377 g/mol. The van der Waals surface area contributed by atoms with Gasteiger partial charge in [0, 0.05) is 24.0 Å². The van der Waals surface area contributed by atoms with Crippen LogP contribution < -0.4 is 5.32 Å². The molecule has 2 heterocycles. The molecular weight excluding hydrogens is 356 g/mol. The molecule has 27 heavy (non-hydrogen) atoms. The summed E-state index contributed by atoms with van der Waals surface area (Å²) in [6.45, 7) is 5.13. The molecule has 4 aromatic rings. The maximum absolute atomic E-state index is 6.53. The lowest BCUT2D eigenvalue weighted by Crippen LogP contribution is -2.01. The molecule has 2 aromatic heterocycles. The van der Waals surface area contributed by atoms with E-state index in [2.05, 4.69) is 46.9 Å². The van der Waals surface area contributed by atoms with Crippen molar-refractivity contribution in [2.24, 2.45) is 0 Å². The number of nitrogens with one attached hydrogen (secondary N) is 1. The molecule has 0 aliphatic carbocycles. The number of para-hydroxylation sites is 2. The number of nitrogens with zero attached hydrogens (tertiary/aromatic N) is 3. The third kappa shape index (κ3) is 3.53. The summed E-state index contributed by atoms with van der Waals surface area (Å²) in [5.41, 5.74) is 5.20. The van der Waals surface area contributed by atoms with Gasteiger partial charge in [-0.2, -0.15) is 0 Å². The van der Waals surface area contributed by atoms with Gasteiger partial charge in [0.05, 0.1) is 16.1 Å². The minimum absolute atomic E-state index is 0.572. The summed E-state index contributed by atoms with van der Waals surface area (Å²) in [5.74, 6) is 1.54. The number of pyridine rings is 1. The van der Waals surface area contributed by atoms with Crippen molar-refractivity contribution in [3.63, 3.8) is 0 Å². The lowest BCUT2D eigenvalue weighted by molar-refractivity contribution is 0.704. The van der Waals surface area contributed by atoms with Crippen LogP contribution >= 0.6 is 11.6 Å². The lowest BCUT2D eigenvalue weighted by Gasteiger charge is -2.11. The van der Waals surface area contributed by atoms with Crippen molar-refractivity contribution in [2.75, 3.05) is 5.32 Å². The quantitative estimate of drug-likeness (QED) is 0.450. The number of halogens is 1. The monoisotopic (exact) mass is 376 g/mol. The number of anilines is 2. The van der Waals surface area contributed by atoms with Crippen molar-refractivity contribution < 1.29 is 0 Å². The smallest absolute Gasteiger partial charge is 0.149 e. The number of aryl methyl sites for hydroxylation is 2. The van der Waals surface area contributed by atoms with E-state index in [9.17, 15) is 0 Å². The predicted octanol–water partition coefficient (Wildman–Crippen LogP) is 6.21. The van der Waals surface area contributed by atoms with E-state index in [0.717, 1.165) is 41.1 Å². The molecule has 0 aliphatic heterocycles. The standard InChI is InChI=1S/C22H21ClN4/c1-3-12-27-20-7-5-4-6-19(20)26-22(27)16-13-18(23)21(24-14-16)25-17-10-8-15(2)9-11-17/h4-11,13-14H,3,12H2,1-2H3,(H,24,25). The van der Waals surface area contributed by atoms with Crippen LogP contribution in [0.3, 0.4) is 0 Å². The first-order valence-corrected chi connectivity index (χ1v) is 9.48. The van der Waals surface area contributed by atoms with Gasteiger partial charge < -0.3 is 9.88 Å². The fourth-order valence-corrected chi connectivity index (χ4v) is 3.39. The van der Waals surface area contributed by atoms with Gasteiger partial charge in [0.2, 0.25) is 0 Å². The van der Waals surface area contributed by atoms with Crippen LogP contribution in [0.2, 0.25) is 5.02 Å². The Kier molecular flexibility index (Phi) is 4.82. The van der Waals surface area contributed by atoms with Gasteiger partial charge in [-0.25, -0.2) is 9.97 Å².